The third-order valence-electron chi connectivity index (χ3n) is 6.74. The Morgan fingerprint density at radius 1 is 1.19 bits per heavy atom. The molecule has 0 bridgehead atoms. The monoisotopic (exact) mass is 350 g/mol. The quantitative estimate of drug-likeness (QED) is 0.729. The second-order valence-electron chi connectivity index (χ2n) is 7.56. The van der Waals surface area contributed by atoms with Gasteiger partial charge in [0.25, 0.3) is 0 Å². The number of aliphatic hydroxyl groups excluding tert-OH is 1. The second-order valence-corrected chi connectivity index (χ2v) is 8.41. The minimum Gasteiger partial charge on any atom is -0.507 e. The minimum atomic E-state index is -0.101. The number of aliphatic hydroxyl groups is 1. The standard InChI is InChI=1S/C18H23BrO2/c1-18-7-6-11-12(14(18)4-5-17(18)21)3-2-10-8-16(20)15(19)9-13(10)11/h8-9,11-12,14,17,20-21H,2-7H2,1H3/t11-,12-,14-,17+,18-/m0/s1. The largest absolute Gasteiger partial charge is 0.507 e. The van der Waals surface area contributed by atoms with E-state index in [1.165, 1.54) is 30.4 Å². The lowest BCUT2D eigenvalue weighted by Crippen LogP contribution is -2.43. The highest BCUT2D eigenvalue weighted by molar-refractivity contribution is 9.10. The smallest absolute Gasteiger partial charge is 0.130 e. The van der Waals surface area contributed by atoms with E-state index in [0.29, 0.717) is 23.5 Å². The third kappa shape index (κ3) is 1.93. The molecule has 4 rings (SSSR count). The Bertz CT molecular complexity index is 585. The first-order valence-corrected chi connectivity index (χ1v) is 8.99. The first-order valence-electron chi connectivity index (χ1n) is 8.20. The molecule has 21 heavy (non-hydrogen) atoms. The first-order chi connectivity index (χ1) is 10.0. The fraction of sp³-hybridized carbons (Fsp3) is 0.667. The van der Waals surface area contributed by atoms with Gasteiger partial charge >= 0.3 is 0 Å². The summed E-state index contributed by atoms with van der Waals surface area (Å²) in [4.78, 5) is 0. The molecule has 3 aliphatic rings. The lowest BCUT2D eigenvalue weighted by Gasteiger charge is -2.50. The van der Waals surface area contributed by atoms with Gasteiger partial charge in [-0.25, -0.2) is 0 Å². The van der Waals surface area contributed by atoms with Gasteiger partial charge in [0.15, 0.2) is 0 Å². The summed E-state index contributed by atoms with van der Waals surface area (Å²) >= 11 is 3.48. The van der Waals surface area contributed by atoms with Crippen molar-refractivity contribution in [3.05, 3.63) is 27.7 Å². The Labute approximate surface area is 134 Å². The SMILES string of the molecule is C[C@]12CC[C@@H]3c4cc(Br)c(O)cc4CC[C@@H]3[C@@H]1CC[C@H]2O. The fourth-order valence-corrected chi connectivity index (χ4v) is 5.91. The van der Waals surface area contributed by atoms with Crippen molar-refractivity contribution in [2.24, 2.45) is 17.3 Å². The van der Waals surface area contributed by atoms with Crippen molar-refractivity contribution in [1.29, 1.82) is 0 Å². The van der Waals surface area contributed by atoms with Gasteiger partial charge in [-0.15, -0.1) is 0 Å². The number of phenolic OH excluding ortho intramolecular Hbond substituents is 1. The van der Waals surface area contributed by atoms with Crippen LogP contribution in [-0.4, -0.2) is 16.3 Å². The molecular weight excluding hydrogens is 328 g/mol. The van der Waals surface area contributed by atoms with Crippen molar-refractivity contribution in [3.63, 3.8) is 0 Å². The molecule has 0 aromatic heterocycles. The Hall–Kier alpha value is -0.540. The molecule has 2 N–H and O–H groups in total. The topological polar surface area (TPSA) is 40.5 Å². The zero-order valence-electron chi connectivity index (χ0n) is 12.5. The van der Waals surface area contributed by atoms with Crippen LogP contribution in [-0.2, 0) is 6.42 Å². The van der Waals surface area contributed by atoms with Crippen molar-refractivity contribution in [2.75, 3.05) is 0 Å². The second kappa shape index (κ2) is 4.73. The van der Waals surface area contributed by atoms with E-state index in [1.54, 1.807) is 0 Å². The maximum Gasteiger partial charge on any atom is 0.130 e. The summed E-state index contributed by atoms with van der Waals surface area (Å²) in [5.74, 6) is 2.37. The number of fused-ring (bicyclic) bond motifs is 5. The van der Waals surface area contributed by atoms with Crippen molar-refractivity contribution in [1.82, 2.24) is 0 Å². The van der Waals surface area contributed by atoms with Crippen LogP contribution in [0.15, 0.2) is 16.6 Å². The number of hydrogen-bond acceptors (Lipinski definition) is 2. The molecule has 0 heterocycles. The molecule has 3 aliphatic carbocycles. The van der Waals surface area contributed by atoms with E-state index in [0.717, 1.165) is 23.7 Å². The lowest BCUT2D eigenvalue weighted by atomic mass is 9.55. The van der Waals surface area contributed by atoms with Crippen LogP contribution in [0.2, 0.25) is 0 Å². The Morgan fingerprint density at radius 2 is 2.00 bits per heavy atom. The van der Waals surface area contributed by atoms with Gasteiger partial charge in [0, 0.05) is 0 Å². The molecule has 0 saturated heterocycles. The highest BCUT2D eigenvalue weighted by Crippen LogP contribution is 2.61. The minimum absolute atomic E-state index is 0.101. The maximum atomic E-state index is 10.4. The van der Waals surface area contributed by atoms with Crippen LogP contribution in [0, 0.1) is 17.3 Å². The predicted molar refractivity (Wildman–Crippen MR) is 86.4 cm³/mol. The summed E-state index contributed by atoms with van der Waals surface area (Å²) in [7, 11) is 0. The number of phenols is 1. The highest BCUT2D eigenvalue weighted by Gasteiger charge is 2.54. The van der Waals surface area contributed by atoms with Gasteiger partial charge in [0.2, 0.25) is 0 Å². The Morgan fingerprint density at radius 3 is 2.81 bits per heavy atom. The van der Waals surface area contributed by atoms with Crippen LogP contribution in [0.25, 0.3) is 0 Å². The molecule has 0 aliphatic heterocycles. The average Bonchev–Trinajstić information content (AvgIpc) is 2.76. The van der Waals surface area contributed by atoms with Gasteiger partial charge in [-0.1, -0.05) is 6.92 Å². The lowest BCUT2D eigenvalue weighted by molar-refractivity contribution is -0.0226. The molecule has 0 radical (unpaired) electrons. The van der Waals surface area contributed by atoms with Crippen LogP contribution >= 0.6 is 15.9 Å². The summed E-state index contributed by atoms with van der Waals surface area (Å²) in [6.45, 7) is 2.31. The number of hydrogen-bond donors (Lipinski definition) is 2. The molecule has 0 unspecified atom stereocenters. The molecular formula is C18H23BrO2. The van der Waals surface area contributed by atoms with Gasteiger partial charge in [-0.2, -0.15) is 0 Å². The number of benzene rings is 1. The van der Waals surface area contributed by atoms with Crippen LogP contribution in [0.1, 0.15) is 56.1 Å². The van der Waals surface area contributed by atoms with Crippen LogP contribution in [0.3, 0.4) is 0 Å². The number of rotatable bonds is 0. The van der Waals surface area contributed by atoms with Gasteiger partial charge in [-0.05, 0) is 101 Å². The molecule has 3 heteroatoms. The van der Waals surface area contributed by atoms with Crippen molar-refractivity contribution < 1.29 is 10.2 Å². The van der Waals surface area contributed by atoms with Gasteiger partial charge in [0.05, 0.1) is 10.6 Å². The van der Waals surface area contributed by atoms with E-state index < -0.39 is 0 Å². The van der Waals surface area contributed by atoms with Crippen LogP contribution in [0.4, 0.5) is 0 Å². The molecule has 1 aromatic rings. The van der Waals surface area contributed by atoms with E-state index >= 15 is 0 Å². The summed E-state index contributed by atoms with van der Waals surface area (Å²) in [5.41, 5.74) is 2.92. The van der Waals surface area contributed by atoms with E-state index in [-0.39, 0.29) is 11.5 Å². The van der Waals surface area contributed by atoms with E-state index in [9.17, 15) is 10.2 Å². The van der Waals surface area contributed by atoms with Gasteiger partial charge < -0.3 is 10.2 Å². The number of halogens is 1. The zero-order valence-corrected chi connectivity index (χ0v) is 14.1. The molecule has 0 amide bonds. The van der Waals surface area contributed by atoms with Crippen LogP contribution in [0.5, 0.6) is 5.75 Å². The molecule has 1 aromatic carbocycles. The number of aromatic hydroxyl groups is 1. The highest BCUT2D eigenvalue weighted by atomic mass is 79.9. The Kier molecular flexibility index (Phi) is 3.17. The zero-order chi connectivity index (χ0) is 14.8. The van der Waals surface area contributed by atoms with E-state index in [1.807, 2.05) is 6.07 Å². The van der Waals surface area contributed by atoms with E-state index in [4.69, 9.17) is 0 Å². The molecule has 2 fully saturated rings. The first kappa shape index (κ1) is 14.1. The third-order valence-corrected chi connectivity index (χ3v) is 7.38. The van der Waals surface area contributed by atoms with Gasteiger partial charge in [-0.3, -0.25) is 0 Å². The van der Waals surface area contributed by atoms with Crippen molar-refractivity contribution >= 4 is 15.9 Å². The van der Waals surface area contributed by atoms with Crippen molar-refractivity contribution in [2.45, 2.75) is 57.5 Å². The molecule has 2 nitrogen and oxygen atoms in total. The molecule has 5 atom stereocenters. The number of aryl methyl sites for hydroxylation is 1. The molecule has 114 valence electrons. The van der Waals surface area contributed by atoms with E-state index in [2.05, 4.69) is 28.9 Å². The summed E-state index contributed by atoms with van der Waals surface area (Å²) in [6.07, 6.45) is 6.67. The summed E-state index contributed by atoms with van der Waals surface area (Å²) in [5, 5.41) is 20.3. The molecule has 0 spiro atoms. The predicted octanol–water partition coefficient (Wildman–Crippen LogP) is 4.37. The maximum absolute atomic E-state index is 10.4. The van der Waals surface area contributed by atoms with Crippen LogP contribution < -0.4 is 0 Å². The van der Waals surface area contributed by atoms with Crippen molar-refractivity contribution in [3.8, 4) is 5.75 Å². The molecule has 2 saturated carbocycles. The normalized spacial score (nSPS) is 41.3. The fourth-order valence-electron chi connectivity index (χ4n) is 5.55. The average molecular weight is 351 g/mol. The Balaban J connectivity index is 1.73. The summed E-state index contributed by atoms with van der Waals surface area (Å²) in [6, 6.07) is 4.10. The van der Waals surface area contributed by atoms with Gasteiger partial charge in [0.1, 0.15) is 5.75 Å². The summed E-state index contributed by atoms with van der Waals surface area (Å²) < 4.78 is 0.821.